The van der Waals surface area contributed by atoms with Crippen molar-refractivity contribution in [2.24, 2.45) is 20.5 Å². The number of carbonyl (C=O) groups is 2. The fraction of sp³-hybridized carbons (Fsp3) is 0.0286. The fourth-order valence-corrected chi connectivity index (χ4v) is 5.66. The molecule has 0 aliphatic carbocycles. The van der Waals surface area contributed by atoms with Gasteiger partial charge >= 0.3 is 6.03 Å². The quantitative estimate of drug-likeness (QED) is 0.0672. The minimum Gasteiger partial charge on any atom is -0.505 e. The third-order valence-corrected chi connectivity index (χ3v) is 8.16. The number of azo groups is 2. The predicted octanol–water partition coefficient (Wildman–Crippen LogP) is 9.08. The van der Waals surface area contributed by atoms with Crippen molar-refractivity contribution in [3.05, 3.63) is 109 Å². The van der Waals surface area contributed by atoms with Crippen LogP contribution in [0.1, 0.15) is 6.92 Å². The van der Waals surface area contributed by atoms with Crippen molar-refractivity contribution in [2.45, 2.75) is 11.8 Å². The highest BCUT2D eigenvalue weighted by Crippen LogP contribution is 2.42. The molecule has 6 N–H and O–H groups in total. The van der Waals surface area contributed by atoms with Crippen molar-refractivity contribution in [1.29, 1.82) is 0 Å². The van der Waals surface area contributed by atoms with E-state index < -0.39 is 32.5 Å². The van der Waals surface area contributed by atoms with Gasteiger partial charge in [-0.15, -0.1) is 10.2 Å². The molecule has 6 aromatic carbocycles. The Labute approximate surface area is 284 Å². The maximum Gasteiger partial charge on any atom is 0.323 e. The average molecular weight is 690 g/mol. The lowest BCUT2D eigenvalue weighted by atomic mass is 10.1. The Balaban J connectivity index is 1.18. The SMILES string of the molecule is CC(=O)Nc1ccc(N=Nc2ccc3cc(NC(=O)Nc4ccc5c(O)c(N=Nc6ccccc6)c(S(=O)(=O)O)cc5c4)ccc3c2O)cc1. The number of carbonyl (C=O) groups excluding carboxylic acids is 2. The van der Waals surface area contributed by atoms with Gasteiger partial charge in [0.05, 0.1) is 11.4 Å². The largest absolute Gasteiger partial charge is 0.505 e. The van der Waals surface area contributed by atoms with Gasteiger partial charge in [0, 0.05) is 34.8 Å². The average Bonchev–Trinajstić information content (AvgIpc) is 3.08. The van der Waals surface area contributed by atoms with E-state index in [0.29, 0.717) is 33.5 Å². The summed E-state index contributed by atoms with van der Waals surface area (Å²) in [5.41, 5.74) is 1.99. The van der Waals surface area contributed by atoms with Crippen LogP contribution in [0.3, 0.4) is 0 Å². The van der Waals surface area contributed by atoms with Crippen LogP contribution in [0.25, 0.3) is 21.5 Å². The van der Waals surface area contributed by atoms with Gasteiger partial charge in [-0.2, -0.15) is 18.6 Å². The molecule has 0 aromatic heterocycles. The van der Waals surface area contributed by atoms with Crippen molar-refractivity contribution >= 4 is 83.4 Å². The van der Waals surface area contributed by atoms with Gasteiger partial charge in [0.15, 0.2) is 11.5 Å². The first-order valence-electron chi connectivity index (χ1n) is 14.8. The Morgan fingerprint density at radius 2 is 1.18 bits per heavy atom. The molecule has 0 saturated carbocycles. The van der Waals surface area contributed by atoms with Gasteiger partial charge in [0.25, 0.3) is 10.1 Å². The highest BCUT2D eigenvalue weighted by Gasteiger charge is 2.22. The molecule has 3 amide bonds. The van der Waals surface area contributed by atoms with E-state index in [1.807, 2.05) is 0 Å². The van der Waals surface area contributed by atoms with E-state index in [1.165, 1.54) is 25.1 Å². The summed E-state index contributed by atoms with van der Waals surface area (Å²) < 4.78 is 34.3. The monoisotopic (exact) mass is 689 g/mol. The zero-order chi connectivity index (χ0) is 35.4. The molecule has 0 aliphatic heterocycles. The second-order valence-electron chi connectivity index (χ2n) is 10.9. The zero-order valence-corrected chi connectivity index (χ0v) is 26.9. The highest BCUT2D eigenvalue weighted by atomic mass is 32.2. The third-order valence-electron chi connectivity index (χ3n) is 7.30. The molecule has 0 heterocycles. The summed E-state index contributed by atoms with van der Waals surface area (Å²) in [5, 5.41) is 47.4. The number of benzene rings is 6. The molecule has 0 saturated heterocycles. The summed E-state index contributed by atoms with van der Waals surface area (Å²) >= 11 is 0. The Morgan fingerprint density at radius 1 is 0.600 bits per heavy atom. The summed E-state index contributed by atoms with van der Waals surface area (Å²) in [6.45, 7) is 1.41. The standard InChI is InChI=1S/C35H27N7O7S/c1-20(43)36-23-8-10-25(11-9-23)39-41-30-16-7-21-17-26(12-14-28(21)33(30)44)37-35(46)38-27-13-15-29-22(18-27)19-31(50(47,48)49)32(34(29)45)42-40-24-5-3-2-4-6-24/h2-19,44-45H,1H3,(H,36,43)(H2,37,38,46)(H,47,48,49). The first kappa shape index (κ1) is 33.2. The first-order chi connectivity index (χ1) is 23.9. The van der Waals surface area contributed by atoms with E-state index >= 15 is 0 Å². The van der Waals surface area contributed by atoms with Crippen molar-refractivity contribution in [1.82, 2.24) is 0 Å². The van der Waals surface area contributed by atoms with Gasteiger partial charge in [-0.1, -0.05) is 24.3 Å². The molecule has 0 unspecified atom stereocenters. The van der Waals surface area contributed by atoms with Crippen molar-refractivity contribution < 1.29 is 32.8 Å². The summed E-state index contributed by atoms with van der Waals surface area (Å²) in [7, 11) is -4.83. The smallest absolute Gasteiger partial charge is 0.323 e. The normalized spacial score (nSPS) is 11.7. The molecular weight excluding hydrogens is 662 g/mol. The lowest BCUT2D eigenvalue weighted by Gasteiger charge is -2.12. The van der Waals surface area contributed by atoms with Crippen molar-refractivity contribution in [2.75, 3.05) is 16.0 Å². The van der Waals surface area contributed by atoms with Gasteiger partial charge in [-0.3, -0.25) is 9.35 Å². The van der Waals surface area contributed by atoms with Crippen LogP contribution in [0.5, 0.6) is 11.5 Å². The fourth-order valence-electron chi connectivity index (χ4n) is 5.01. The van der Waals surface area contributed by atoms with Crippen molar-refractivity contribution in [3.63, 3.8) is 0 Å². The van der Waals surface area contributed by atoms with E-state index in [4.69, 9.17) is 0 Å². The lowest BCUT2D eigenvalue weighted by Crippen LogP contribution is -2.19. The summed E-state index contributed by atoms with van der Waals surface area (Å²) in [6, 6.07) is 28.2. The van der Waals surface area contributed by atoms with Crippen LogP contribution in [-0.4, -0.2) is 35.1 Å². The Hall–Kier alpha value is -6.71. The van der Waals surface area contributed by atoms with E-state index in [1.54, 1.807) is 84.9 Å². The molecule has 6 rings (SSSR count). The summed E-state index contributed by atoms with van der Waals surface area (Å²) in [4.78, 5) is 23.4. The second-order valence-corrected chi connectivity index (χ2v) is 12.3. The molecule has 0 aliphatic rings. The number of amides is 3. The molecule has 0 fully saturated rings. The molecule has 50 heavy (non-hydrogen) atoms. The number of rotatable bonds is 8. The van der Waals surface area contributed by atoms with Crippen LogP contribution in [0, 0.1) is 0 Å². The number of phenols is 2. The van der Waals surface area contributed by atoms with Crippen LogP contribution < -0.4 is 16.0 Å². The molecule has 0 atom stereocenters. The second kappa shape index (κ2) is 13.8. The Morgan fingerprint density at radius 3 is 1.82 bits per heavy atom. The maximum atomic E-state index is 12.9. The number of hydrogen-bond acceptors (Lipinski definition) is 10. The van der Waals surface area contributed by atoms with Gasteiger partial charge in [0.1, 0.15) is 16.3 Å². The molecule has 14 nitrogen and oxygen atoms in total. The Bertz CT molecular complexity index is 2450. The van der Waals surface area contributed by atoms with Gasteiger partial charge in [-0.05, 0) is 95.7 Å². The molecule has 0 radical (unpaired) electrons. The lowest BCUT2D eigenvalue weighted by molar-refractivity contribution is -0.114. The number of fused-ring (bicyclic) bond motifs is 2. The number of aromatic hydroxyl groups is 2. The predicted molar refractivity (Wildman–Crippen MR) is 189 cm³/mol. The highest BCUT2D eigenvalue weighted by molar-refractivity contribution is 7.86. The van der Waals surface area contributed by atoms with Gasteiger partial charge < -0.3 is 26.2 Å². The summed E-state index contributed by atoms with van der Waals surface area (Å²) in [5.74, 6) is -0.818. The van der Waals surface area contributed by atoms with Crippen LogP contribution in [-0.2, 0) is 14.9 Å². The summed E-state index contributed by atoms with van der Waals surface area (Å²) in [6.07, 6.45) is 0. The van der Waals surface area contributed by atoms with Crippen molar-refractivity contribution in [3.8, 4) is 11.5 Å². The Kier molecular flexibility index (Phi) is 9.16. The third kappa shape index (κ3) is 7.54. The van der Waals surface area contributed by atoms with Crippen LogP contribution in [0.2, 0.25) is 0 Å². The van der Waals surface area contributed by atoms with Gasteiger partial charge in [-0.25, -0.2) is 4.79 Å². The minimum atomic E-state index is -4.83. The number of nitrogens with one attached hydrogen (secondary N) is 3. The maximum absolute atomic E-state index is 12.9. The van der Waals surface area contributed by atoms with Crippen LogP contribution >= 0.6 is 0 Å². The number of phenolic OH excluding ortho intramolecular Hbond substituents is 2. The van der Waals surface area contributed by atoms with E-state index in [0.717, 1.165) is 6.07 Å². The van der Waals surface area contributed by atoms with E-state index in [9.17, 15) is 32.8 Å². The van der Waals surface area contributed by atoms with Crippen LogP contribution in [0.4, 0.5) is 44.6 Å². The minimum absolute atomic E-state index is 0.106. The molecule has 250 valence electrons. The molecule has 6 aromatic rings. The van der Waals surface area contributed by atoms with Gasteiger partial charge in [0.2, 0.25) is 5.91 Å². The van der Waals surface area contributed by atoms with E-state index in [-0.39, 0.29) is 33.8 Å². The molecule has 0 bridgehead atoms. The zero-order valence-electron chi connectivity index (χ0n) is 26.1. The molecule has 0 spiro atoms. The number of hydrogen-bond donors (Lipinski definition) is 6. The van der Waals surface area contributed by atoms with Crippen LogP contribution in [0.15, 0.2) is 135 Å². The number of anilines is 3. The topological polar surface area (TPSA) is 214 Å². The molecule has 15 heteroatoms. The molecular formula is C35H27N7O7S. The van der Waals surface area contributed by atoms with E-state index in [2.05, 4.69) is 36.4 Å². The number of nitrogens with zero attached hydrogens (tertiary/aromatic N) is 4. The first-order valence-corrected chi connectivity index (χ1v) is 16.3. The number of urea groups is 1.